The topological polar surface area (TPSA) is 61.7 Å². The van der Waals surface area contributed by atoms with E-state index < -0.39 is 11.8 Å². The average Bonchev–Trinajstić information content (AvgIpc) is 3.02. The summed E-state index contributed by atoms with van der Waals surface area (Å²) in [5.74, 6) is 0.291. The molecule has 3 N–H and O–H groups in total. The van der Waals surface area contributed by atoms with E-state index in [-0.39, 0.29) is 6.10 Å². The molecule has 3 rings (SSSR count). The van der Waals surface area contributed by atoms with Gasteiger partial charge < -0.3 is 14.9 Å². The van der Waals surface area contributed by atoms with Gasteiger partial charge in [0.1, 0.15) is 12.0 Å². The van der Waals surface area contributed by atoms with Crippen molar-refractivity contribution in [1.82, 2.24) is 5.32 Å². The number of benzene rings is 1. The molecule has 0 saturated heterocycles. The predicted octanol–water partition coefficient (Wildman–Crippen LogP) is 3.05. The predicted molar refractivity (Wildman–Crippen MR) is 91.5 cm³/mol. The van der Waals surface area contributed by atoms with E-state index in [4.69, 9.17) is 4.74 Å². The molecule has 1 aliphatic carbocycles. The molecule has 4 nitrogen and oxygen atoms in total. The Morgan fingerprint density at radius 3 is 2.48 bits per heavy atom. The Kier molecular flexibility index (Phi) is 4.03. The zero-order valence-electron chi connectivity index (χ0n) is 14.7. The lowest BCUT2D eigenvalue weighted by atomic mass is 9.87. The van der Waals surface area contributed by atoms with Crippen LogP contribution in [0, 0.1) is 27.7 Å². The molecule has 126 valence electrons. The van der Waals surface area contributed by atoms with Crippen molar-refractivity contribution in [2.75, 3.05) is 7.11 Å². The summed E-state index contributed by atoms with van der Waals surface area (Å²) in [4.78, 5) is 0. The number of aliphatic hydroxyl groups is 2. The molecule has 1 saturated carbocycles. The van der Waals surface area contributed by atoms with Gasteiger partial charge in [-0.15, -0.1) is 0 Å². The Morgan fingerprint density at radius 2 is 1.87 bits per heavy atom. The number of aryl methyl sites for hydroxylation is 2. The molecule has 4 heteroatoms. The molecule has 0 bridgehead atoms. The van der Waals surface area contributed by atoms with Crippen LogP contribution in [0.1, 0.15) is 47.1 Å². The molecule has 1 aromatic carbocycles. The van der Waals surface area contributed by atoms with E-state index in [9.17, 15) is 10.2 Å². The molecule has 3 unspecified atom stereocenters. The fourth-order valence-electron chi connectivity index (χ4n) is 4.29. The van der Waals surface area contributed by atoms with Gasteiger partial charge in [0.15, 0.2) is 0 Å². The summed E-state index contributed by atoms with van der Waals surface area (Å²) in [6, 6.07) is 2.13. The first-order valence-electron chi connectivity index (χ1n) is 8.30. The van der Waals surface area contributed by atoms with Gasteiger partial charge in [-0.1, -0.05) is 6.07 Å². The van der Waals surface area contributed by atoms with E-state index in [2.05, 4.69) is 32.2 Å². The van der Waals surface area contributed by atoms with Crippen LogP contribution in [0.2, 0.25) is 0 Å². The minimum absolute atomic E-state index is 0.123. The van der Waals surface area contributed by atoms with Crippen LogP contribution in [0.5, 0.6) is 0 Å². The zero-order valence-corrected chi connectivity index (χ0v) is 14.7. The average molecular weight is 317 g/mol. The number of hydrogen-bond donors (Lipinski definition) is 3. The fraction of sp³-hybridized carbons (Fsp3) is 0.579. The van der Waals surface area contributed by atoms with Crippen molar-refractivity contribution in [2.45, 2.75) is 64.8 Å². The van der Waals surface area contributed by atoms with Gasteiger partial charge in [0.25, 0.3) is 0 Å². The lowest BCUT2D eigenvalue weighted by Crippen LogP contribution is -2.44. The molecule has 1 aromatic rings. The lowest BCUT2D eigenvalue weighted by molar-refractivity contribution is 0.0938. The van der Waals surface area contributed by atoms with Crippen molar-refractivity contribution in [3.8, 4) is 0 Å². The van der Waals surface area contributed by atoms with Gasteiger partial charge in [-0.2, -0.15) is 0 Å². The Morgan fingerprint density at radius 1 is 1.17 bits per heavy atom. The van der Waals surface area contributed by atoms with Crippen molar-refractivity contribution in [1.29, 1.82) is 0 Å². The first-order chi connectivity index (χ1) is 10.8. The highest BCUT2D eigenvalue weighted by atomic mass is 16.5. The van der Waals surface area contributed by atoms with Gasteiger partial charge in [-0.3, -0.25) is 5.32 Å². The normalized spacial score (nSPS) is 30.7. The molecular weight excluding hydrogens is 290 g/mol. The van der Waals surface area contributed by atoms with Crippen molar-refractivity contribution < 1.29 is 14.9 Å². The van der Waals surface area contributed by atoms with Gasteiger partial charge in [0.05, 0.1) is 11.6 Å². The van der Waals surface area contributed by atoms with Crippen LogP contribution < -0.4 is 5.32 Å². The van der Waals surface area contributed by atoms with Gasteiger partial charge >= 0.3 is 0 Å². The van der Waals surface area contributed by atoms with E-state index in [1.165, 1.54) is 11.1 Å². The van der Waals surface area contributed by atoms with Crippen LogP contribution >= 0.6 is 0 Å². The Hall–Kier alpha value is -1.36. The van der Waals surface area contributed by atoms with E-state index in [1.807, 2.05) is 6.92 Å². The molecule has 0 radical (unpaired) electrons. The molecular formula is C19H27NO3. The van der Waals surface area contributed by atoms with E-state index in [1.54, 1.807) is 7.11 Å². The van der Waals surface area contributed by atoms with Crippen LogP contribution in [0.3, 0.4) is 0 Å². The fourth-order valence-corrected chi connectivity index (χ4v) is 4.29. The highest BCUT2D eigenvalue weighted by Crippen LogP contribution is 2.46. The maximum Gasteiger partial charge on any atom is 0.135 e. The summed E-state index contributed by atoms with van der Waals surface area (Å²) in [5, 5.41) is 24.9. The number of aliphatic hydroxyl groups excluding tert-OH is 2. The van der Waals surface area contributed by atoms with Crippen molar-refractivity contribution in [3.63, 3.8) is 0 Å². The van der Waals surface area contributed by atoms with Gasteiger partial charge in [-0.25, -0.2) is 0 Å². The molecule has 2 aliphatic rings. The van der Waals surface area contributed by atoms with Gasteiger partial charge in [0.2, 0.25) is 0 Å². The van der Waals surface area contributed by atoms with Crippen LogP contribution in [-0.2, 0) is 4.74 Å². The smallest absolute Gasteiger partial charge is 0.135 e. The molecule has 0 amide bonds. The monoisotopic (exact) mass is 317 g/mol. The second kappa shape index (κ2) is 5.62. The Labute approximate surface area is 138 Å². The van der Waals surface area contributed by atoms with E-state index >= 15 is 0 Å². The van der Waals surface area contributed by atoms with Crippen LogP contribution in [0.4, 0.5) is 0 Å². The summed E-state index contributed by atoms with van der Waals surface area (Å²) in [5.41, 5.74) is 5.73. The third-order valence-electron chi connectivity index (χ3n) is 5.82. The Balaban J connectivity index is 2.13. The summed E-state index contributed by atoms with van der Waals surface area (Å²) >= 11 is 0. The van der Waals surface area contributed by atoms with Crippen LogP contribution in [0.15, 0.2) is 11.8 Å². The summed E-state index contributed by atoms with van der Waals surface area (Å²) in [6.45, 7) is 8.29. The minimum Gasteiger partial charge on any atom is -0.510 e. The third-order valence-corrected chi connectivity index (χ3v) is 5.82. The summed E-state index contributed by atoms with van der Waals surface area (Å²) in [6.07, 6.45) is 1.64. The number of hydrogen-bond acceptors (Lipinski definition) is 4. The minimum atomic E-state index is -0.842. The molecule has 1 spiro atoms. The maximum absolute atomic E-state index is 11.0. The first-order valence-corrected chi connectivity index (χ1v) is 8.30. The first kappa shape index (κ1) is 16.5. The SMILES string of the molecule is COC1CCC2(C1)NC(O)C(c1c(C)cc(C)c(C)c1C)=C2O. The molecule has 1 fully saturated rings. The highest BCUT2D eigenvalue weighted by molar-refractivity contribution is 5.79. The molecule has 0 aromatic heterocycles. The summed E-state index contributed by atoms with van der Waals surface area (Å²) in [7, 11) is 1.70. The lowest BCUT2D eigenvalue weighted by Gasteiger charge is -2.25. The second-order valence-electron chi connectivity index (χ2n) is 7.13. The van der Waals surface area contributed by atoms with Crippen molar-refractivity contribution in [2.24, 2.45) is 0 Å². The molecule has 1 aliphatic heterocycles. The highest BCUT2D eigenvalue weighted by Gasteiger charge is 2.50. The Bertz CT molecular complexity index is 680. The van der Waals surface area contributed by atoms with Crippen molar-refractivity contribution in [3.05, 3.63) is 39.6 Å². The van der Waals surface area contributed by atoms with Gasteiger partial charge in [-0.05, 0) is 74.8 Å². The number of rotatable bonds is 2. The number of methoxy groups -OCH3 is 1. The third kappa shape index (κ3) is 2.40. The van der Waals surface area contributed by atoms with Crippen LogP contribution in [-0.4, -0.2) is 35.2 Å². The standard InChI is InChI=1S/C19H27NO3/c1-10-8-11(2)15(13(4)12(10)3)16-17(21)19(20-18(16)22)7-6-14(9-19)23-5/h8,14,18,20-22H,6-7,9H2,1-5H3. The number of ether oxygens (including phenoxy) is 1. The zero-order chi connectivity index (χ0) is 16.9. The van der Waals surface area contributed by atoms with E-state index in [0.29, 0.717) is 17.8 Å². The number of nitrogens with one attached hydrogen (secondary N) is 1. The summed E-state index contributed by atoms with van der Waals surface area (Å²) < 4.78 is 5.45. The second-order valence-corrected chi connectivity index (χ2v) is 7.13. The van der Waals surface area contributed by atoms with E-state index in [0.717, 1.165) is 29.5 Å². The molecule has 23 heavy (non-hydrogen) atoms. The van der Waals surface area contributed by atoms with Gasteiger partial charge in [0, 0.05) is 12.7 Å². The maximum atomic E-state index is 11.0. The molecule has 1 heterocycles. The largest absolute Gasteiger partial charge is 0.510 e. The van der Waals surface area contributed by atoms with Crippen molar-refractivity contribution >= 4 is 5.57 Å². The quantitative estimate of drug-likeness (QED) is 0.784. The van der Waals surface area contributed by atoms with Crippen LogP contribution in [0.25, 0.3) is 5.57 Å². The molecule has 3 atom stereocenters.